The molecule has 1 N–H and O–H groups in total. The molecule has 0 aliphatic heterocycles. The lowest BCUT2D eigenvalue weighted by molar-refractivity contribution is 0.0953. The standard InChI is InChI=1S/C17H15FN4O2S/c1-2-14-15(25-22-21-14)16(23)20-10-11-5-4-8-19-17(11)24-13-7-3-6-12(18)9-13/h3-9H,2,10H2,1H3,(H,20,23). The second kappa shape index (κ2) is 7.80. The number of nitrogens with zero attached hydrogens (tertiary/aromatic N) is 3. The largest absolute Gasteiger partial charge is 0.439 e. The van der Waals surface area contributed by atoms with E-state index in [1.807, 2.05) is 6.92 Å². The lowest BCUT2D eigenvalue weighted by atomic mass is 10.2. The first-order chi connectivity index (χ1) is 12.2. The summed E-state index contributed by atoms with van der Waals surface area (Å²) in [5, 5.41) is 6.74. The van der Waals surface area contributed by atoms with Gasteiger partial charge in [-0.05, 0) is 36.2 Å². The minimum Gasteiger partial charge on any atom is -0.439 e. The highest BCUT2D eigenvalue weighted by Gasteiger charge is 2.15. The Morgan fingerprint density at radius 1 is 1.32 bits per heavy atom. The molecule has 0 radical (unpaired) electrons. The molecule has 25 heavy (non-hydrogen) atoms. The van der Waals surface area contributed by atoms with E-state index in [0.717, 1.165) is 11.5 Å². The number of benzene rings is 1. The van der Waals surface area contributed by atoms with E-state index in [9.17, 15) is 9.18 Å². The maximum Gasteiger partial charge on any atom is 0.265 e. The molecule has 1 amide bonds. The molecule has 1 aromatic carbocycles. The number of amides is 1. The third kappa shape index (κ3) is 4.16. The predicted octanol–water partition coefficient (Wildman–Crippen LogP) is 3.36. The number of pyridine rings is 1. The van der Waals surface area contributed by atoms with Crippen LogP contribution in [0.15, 0.2) is 42.6 Å². The number of aromatic nitrogens is 3. The molecule has 3 rings (SSSR count). The maximum absolute atomic E-state index is 13.3. The van der Waals surface area contributed by atoms with Crippen LogP contribution in [-0.2, 0) is 13.0 Å². The average Bonchev–Trinajstić information content (AvgIpc) is 3.09. The maximum atomic E-state index is 13.3. The molecule has 0 bridgehead atoms. The van der Waals surface area contributed by atoms with E-state index in [4.69, 9.17) is 4.74 Å². The molecule has 0 spiro atoms. The van der Waals surface area contributed by atoms with Crippen molar-refractivity contribution in [2.24, 2.45) is 0 Å². The van der Waals surface area contributed by atoms with Crippen LogP contribution in [0.4, 0.5) is 4.39 Å². The third-order valence-electron chi connectivity index (χ3n) is 3.40. The van der Waals surface area contributed by atoms with Crippen molar-refractivity contribution in [3.8, 4) is 11.6 Å². The summed E-state index contributed by atoms with van der Waals surface area (Å²) in [6, 6.07) is 9.32. The van der Waals surface area contributed by atoms with E-state index in [2.05, 4.69) is 19.9 Å². The molecular weight excluding hydrogens is 343 g/mol. The number of aryl methyl sites for hydroxylation is 1. The molecule has 0 fully saturated rings. The van der Waals surface area contributed by atoms with Crippen LogP contribution < -0.4 is 10.1 Å². The first-order valence-corrected chi connectivity index (χ1v) is 8.41. The highest BCUT2D eigenvalue weighted by atomic mass is 32.1. The summed E-state index contributed by atoms with van der Waals surface area (Å²) in [7, 11) is 0. The first kappa shape index (κ1) is 17.0. The minimum atomic E-state index is -0.395. The third-order valence-corrected chi connectivity index (χ3v) is 4.16. The number of rotatable bonds is 6. The molecule has 2 heterocycles. The van der Waals surface area contributed by atoms with Gasteiger partial charge in [0.05, 0.1) is 5.69 Å². The molecule has 128 valence electrons. The van der Waals surface area contributed by atoms with E-state index in [1.165, 1.54) is 12.1 Å². The van der Waals surface area contributed by atoms with Gasteiger partial charge in [-0.2, -0.15) is 0 Å². The minimum absolute atomic E-state index is 0.221. The van der Waals surface area contributed by atoms with Gasteiger partial charge in [0.1, 0.15) is 16.4 Å². The van der Waals surface area contributed by atoms with Crippen molar-refractivity contribution in [2.45, 2.75) is 19.9 Å². The first-order valence-electron chi connectivity index (χ1n) is 7.64. The number of halogens is 1. The Balaban J connectivity index is 1.72. The van der Waals surface area contributed by atoms with Crippen LogP contribution in [0.2, 0.25) is 0 Å². The Kier molecular flexibility index (Phi) is 5.30. The van der Waals surface area contributed by atoms with Crippen LogP contribution in [0, 0.1) is 5.82 Å². The summed E-state index contributed by atoms with van der Waals surface area (Å²) in [6.45, 7) is 2.14. The summed E-state index contributed by atoms with van der Waals surface area (Å²) in [6.07, 6.45) is 2.21. The zero-order valence-electron chi connectivity index (χ0n) is 13.4. The molecule has 0 saturated carbocycles. The predicted molar refractivity (Wildman–Crippen MR) is 91.2 cm³/mol. The van der Waals surface area contributed by atoms with E-state index in [-0.39, 0.29) is 12.5 Å². The summed E-state index contributed by atoms with van der Waals surface area (Å²) < 4.78 is 22.7. The van der Waals surface area contributed by atoms with Crippen LogP contribution in [-0.4, -0.2) is 20.5 Å². The highest BCUT2D eigenvalue weighted by Crippen LogP contribution is 2.23. The van der Waals surface area contributed by atoms with Crippen molar-refractivity contribution in [2.75, 3.05) is 0 Å². The van der Waals surface area contributed by atoms with Crippen molar-refractivity contribution < 1.29 is 13.9 Å². The van der Waals surface area contributed by atoms with Crippen molar-refractivity contribution in [1.29, 1.82) is 0 Å². The quantitative estimate of drug-likeness (QED) is 0.731. The number of carbonyl (C=O) groups excluding carboxylic acids is 1. The van der Waals surface area contributed by atoms with Gasteiger partial charge < -0.3 is 10.1 Å². The van der Waals surface area contributed by atoms with Crippen molar-refractivity contribution in [1.82, 2.24) is 19.9 Å². The lowest BCUT2D eigenvalue weighted by Gasteiger charge is -2.10. The molecule has 0 aliphatic carbocycles. The summed E-state index contributed by atoms with van der Waals surface area (Å²) in [4.78, 5) is 16.9. The van der Waals surface area contributed by atoms with Gasteiger partial charge in [-0.3, -0.25) is 4.79 Å². The number of nitrogens with one attached hydrogen (secondary N) is 1. The molecule has 0 atom stereocenters. The summed E-state index contributed by atoms with van der Waals surface area (Å²) >= 11 is 1.06. The molecule has 3 aromatic rings. The molecule has 0 saturated heterocycles. The SMILES string of the molecule is CCc1nnsc1C(=O)NCc1cccnc1Oc1cccc(F)c1. The Bertz CT molecular complexity index is 884. The normalized spacial score (nSPS) is 10.5. The van der Waals surface area contributed by atoms with E-state index < -0.39 is 5.82 Å². The smallest absolute Gasteiger partial charge is 0.265 e. The molecule has 0 aliphatic rings. The Labute approximate surface area is 147 Å². The van der Waals surface area contributed by atoms with Crippen LogP contribution in [0.1, 0.15) is 27.9 Å². The zero-order chi connectivity index (χ0) is 17.6. The fourth-order valence-corrected chi connectivity index (χ4v) is 2.83. The van der Waals surface area contributed by atoms with E-state index in [0.29, 0.717) is 34.2 Å². The van der Waals surface area contributed by atoms with Gasteiger partial charge in [0.25, 0.3) is 5.91 Å². The molecule has 0 unspecified atom stereocenters. The van der Waals surface area contributed by atoms with Gasteiger partial charge in [0, 0.05) is 24.4 Å². The second-order valence-corrected chi connectivity index (χ2v) is 5.87. The molecular formula is C17H15FN4O2S. The fourth-order valence-electron chi connectivity index (χ4n) is 2.16. The number of carbonyl (C=O) groups is 1. The van der Waals surface area contributed by atoms with Crippen LogP contribution in [0.3, 0.4) is 0 Å². The monoisotopic (exact) mass is 358 g/mol. The molecule has 2 aromatic heterocycles. The van der Waals surface area contributed by atoms with E-state index in [1.54, 1.807) is 30.5 Å². The van der Waals surface area contributed by atoms with Gasteiger partial charge >= 0.3 is 0 Å². The lowest BCUT2D eigenvalue weighted by Crippen LogP contribution is -2.23. The average molecular weight is 358 g/mol. The van der Waals surface area contributed by atoms with Crippen LogP contribution in [0.25, 0.3) is 0 Å². The van der Waals surface area contributed by atoms with Crippen LogP contribution in [0.5, 0.6) is 11.6 Å². The van der Waals surface area contributed by atoms with Crippen molar-refractivity contribution in [3.05, 3.63) is 64.5 Å². The topological polar surface area (TPSA) is 77.0 Å². The summed E-state index contributed by atoms with van der Waals surface area (Å²) in [5.41, 5.74) is 1.35. The van der Waals surface area contributed by atoms with Crippen molar-refractivity contribution in [3.63, 3.8) is 0 Å². The zero-order valence-corrected chi connectivity index (χ0v) is 14.2. The Morgan fingerprint density at radius 3 is 3.00 bits per heavy atom. The van der Waals surface area contributed by atoms with Gasteiger partial charge in [-0.25, -0.2) is 9.37 Å². The van der Waals surface area contributed by atoms with Gasteiger partial charge in [-0.1, -0.05) is 23.5 Å². The Morgan fingerprint density at radius 2 is 2.20 bits per heavy atom. The number of ether oxygens (including phenoxy) is 1. The van der Waals surface area contributed by atoms with Gasteiger partial charge in [0.2, 0.25) is 5.88 Å². The Hall–Kier alpha value is -2.87. The summed E-state index contributed by atoms with van der Waals surface area (Å²) in [5.74, 6) is 0.0123. The van der Waals surface area contributed by atoms with Gasteiger partial charge in [0.15, 0.2) is 0 Å². The highest BCUT2D eigenvalue weighted by molar-refractivity contribution is 7.08. The molecule has 6 nitrogen and oxygen atoms in total. The van der Waals surface area contributed by atoms with E-state index >= 15 is 0 Å². The number of hydrogen-bond donors (Lipinski definition) is 1. The fraction of sp³-hybridized carbons (Fsp3) is 0.176. The molecule has 8 heteroatoms. The van der Waals surface area contributed by atoms with Gasteiger partial charge in [-0.15, -0.1) is 5.10 Å². The van der Waals surface area contributed by atoms with Crippen molar-refractivity contribution >= 4 is 17.4 Å². The number of hydrogen-bond acceptors (Lipinski definition) is 6. The second-order valence-electron chi connectivity index (χ2n) is 5.11. The van der Waals surface area contributed by atoms with Crippen LogP contribution >= 0.6 is 11.5 Å².